The summed E-state index contributed by atoms with van der Waals surface area (Å²) in [5, 5.41) is 6.40. The van der Waals surface area contributed by atoms with Crippen LogP contribution in [0.4, 0.5) is 16.0 Å². The van der Waals surface area contributed by atoms with E-state index in [1.54, 1.807) is 12.1 Å². The Morgan fingerprint density at radius 3 is 2.45 bits per heavy atom. The second kappa shape index (κ2) is 6.32. The van der Waals surface area contributed by atoms with Gasteiger partial charge in [0, 0.05) is 18.7 Å². The van der Waals surface area contributed by atoms with Crippen LogP contribution in [0.5, 0.6) is 0 Å². The molecule has 106 valence electrons. The maximum atomic E-state index is 12.9. The van der Waals surface area contributed by atoms with Crippen LogP contribution < -0.4 is 10.6 Å². The van der Waals surface area contributed by atoms with Crippen molar-refractivity contribution >= 4 is 11.6 Å². The lowest BCUT2D eigenvalue weighted by molar-refractivity contribution is 0.626. The van der Waals surface area contributed by atoms with Gasteiger partial charge in [0.15, 0.2) is 0 Å². The average Bonchev–Trinajstić information content (AvgIpc) is 2.44. The van der Waals surface area contributed by atoms with Crippen LogP contribution in [-0.2, 0) is 6.42 Å². The number of anilines is 2. The molecule has 1 heterocycles. The zero-order valence-electron chi connectivity index (χ0n) is 11.9. The molecule has 0 saturated heterocycles. The molecule has 1 atom stereocenters. The van der Waals surface area contributed by atoms with E-state index in [9.17, 15) is 4.39 Å². The van der Waals surface area contributed by atoms with E-state index in [4.69, 9.17) is 0 Å². The SMILES string of the molecule is CNc1ncnc(NC(C)Cc2ccc(F)cc2)c1C. The third kappa shape index (κ3) is 3.44. The molecule has 0 saturated carbocycles. The summed E-state index contributed by atoms with van der Waals surface area (Å²) >= 11 is 0. The molecule has 20 heavy (non-hydrogen) atoms. The van der Waals surface area contributed by atoms with Gasteiger partial charge < -0.3 is 10.6 Å². The summed E-state index contributed by atoms with van der Waals surface area (Å²) in [5.41, 5.74) is 2.08. The Bertz CT molecular complexity index is 569. The summed E-state index contributed by atoms with van der Waals surface area (Å²) in [6, 6.07) is 6.77. The molecule has 1 unspecified atom stereocenters. The van der Waals surface area contributed by atoms with Crippen molar-refractivity contribution in [1.82, 2.24) is 9.97 Å². The Labute approximate surface area is 118 Å². The summed E-state index contributed by atoms with van der Waals surface area (Å²) in [5.74, 6) is 1.43. The predicted octanol–water partition coefficient (Wildman–Crippen LogP) is 3.01. The van der Waals surface area contributed by atoms with E-state index < -0.39 is 0 Å². The summed E-state index contributed by atoms with van der Waals surface area (Å²) in [7, 11) is 1.83. The number of benzene rings is 1. The van der Waals surface area contributed by atoms with Gasteiger partial charge in [-0.1, -0.05) is 12.1 Å². The van der Waals surface area contributed by atoms with Gasteiger partial charge in [-0.25, -0.2) is 14.4 Å². The van der Waals surface area contributed by atoms with Gasteiger partial charge in [0.2, 0.25) is 0 Å². The number of rotatable bonds is 5. The van der Waals surface area contributed by atoms with Crippen molar-refractivity contribution < 1.29 is 4.39 Å². The summed E-state index contributed by atoms with van der Waals surface area (Å²) in [6.45, 7) is 4.04. The number of hydrogen-bond donors (Lipinski definition) is 2. The lowest BCUT2D eigenvalue weighted by atomic mass is 10.1. The van der Waals surface area contributed by atoms with E-state index >= 15 is 0 Å². The molecule has 0 radical (unpaired) electrons. The van der Waals surface area contributed by atoms with Gasteiger partial charge in [-0.2, -0.15) is 0 Å². The molecule has 1 aromatic carbocycles. The van der Waals surface area contributed by atoms with Crippen LogP contribution in [0.25, 0.3) is 0 Å². The van der Waals surface area contributed by atoms with Crippen molar-refractivity contribution in [2.75, 3.05) is 17.7 Å². The van der Waals surface area contributed by atoms with E-state index in [-0.39, 0.29) is 11.9 Å². The van der Waals surface area contributed by atoms with Crippen molar-refractivity contribution in [2.45, 2.75) is 26.3 Å². The van der Waals surface area contributed by atoms with Crippen molar-refractivity contribution in [1.29, 1.82) is 0 Å². The Morgan fingerprint density at radius 2 is 1.80 bits per heavy atom. The highest BCUT2D eigenvalue weighted by Gasteiger charge is 2.09. The van der Waals surface area contributed by atoms with E-state index in [0.717, 1.165) is 29.2 Å². The minimum absolute atomic E-state index is 0.193. The number of nitrogens with one attached hydrogen (secondary N) is 2. The topological polar surface area (TPSA) is 49.8 Å². The minimum Gasteiger partial charge on any atom is -0.373 e. The highest BCUT2D eigenvalue weighted by molar-refractivity contribution is 5.56. The van der Waals surface area contributed by atoms with Crippen LogP contribution in [0.1, 0.15) is 18.1 Å². The van der Waals surface area contributed by atoms with Gasteiger partial charge >= 0.3 is 0 Å². The molecule has 0 aliphatic heterocycles. The largest absolute Gasteiger partial charge is 0.373 e. The first-order valence-electron chi connectivity index (χ1n) is 6.60. The van der Waals surface area contributed by atoms with Crippen molar-refractivity contribution in [3.05, 3.63) is 47.5 Å². The van der Waals surface area contributed by atoms with Crippen LogP contribution in [0, 0.1) is 12.7 Å². The minimum atomic E-state index is -0.209. The van der Waals surface area contributed by atoms with E-state index in [1.165, 1.54) is 18.5 Å². The second-order valence-corrected chi connectivity index (χ2v) is 4.82. The zero-order chi connectivity index (χ0) is 14.5. The number of hydrogen-bond acceptors (Lipinski definition) is 4. The first-order chi connectivity index (χ1) is 9.60. The number of halogens is 1. The fourth-order valence-electron chi connectivity index (χ4n) is 2.11. The van der Waals surface area contributed by atoms with Crippen LogP contribution in [-0.4, -0.2) is 23.1 Å². The molecule has 2 aromatic rings. The van der Waals surface area contributed by atoms with Crippen molar-refractivity contribution in [3.8, 4) is 0 Å². The monoisotopic (exact) mass is 274 g/mol. The molecule has 0 aliphatic rings. The Balaban J connectivity index is 2.04. The standard InChI is InChI=1S/C15H19FN4/c1-10(8-12-4-6-13(16)7-5-12)20-15-11(2)14(17-3)18-9-19-15/h4-7,9-10H,8H2,1-3H3,(H2,17,18,19,20). The van der Waals surface area contributed by atoms with Gasteiger partial charge in [0.25, 0.3) is 0 Å². The summed E-state index contributed by atoms with van der Waals surface area (Å²) in [4.78, 5) is 8.41. The summed E-state index contributed by atoms with van der Waals surface area (Å²) in [6.07, 6.45) is 2.34. The first kappa shape index (κ1) is 14.2. The van der Waals surface area contributed by atoms with E-state index in [1.807, 2.05) is 14.0 Å². The maximum absolute atomic E-state index is 12.9. The lowest BCUT2D eigenvalue weighted by Gasteiger charge is -2.17. The Hall–Kier alpha value is -2.17. The highest BCUT2D eigenvalue weighted by atomic mass is 19.1. The third-order valence-electron chi connectivity index (χ3n) is 3.16. The molecule has 0 amide bonds. The van der Waals surface area contributed by atoms with Gasteiger partial charge in [0.05, 0.1) is 0 Å². The van der Waals surface area contributed by atoms with Crippen LogP contribution in [0.2, 0.25) is 0 Å². The Morgan fingerprint density at radius 1 is 1.15 bits per heavy atom. The first-order valence-corrected chi connectivity index (χ1v) is 6.60. The van der Waals surface area contributed by atoms with Gasteiger partial charge in [-0.05, 0) is 38.0 Å². The normalized spacial score (nSPS) is 12.0. The zero-order valence-corrected chi connectivity index (χ0v) is 11.9. The Kier molecular flexibility index (Phi) is 4.50. The van der Waals surface area contributed by atoms with Crippen molar-refractivity contribution in [2.24, 2.45) is 0 Å². The molecular formula is C15H19FN4. The van der Waals surface area contributed by atoms with Gasteiger partial charge in [-0.15, -0.1) is 0 Å². The fourth-order valence-corrected chi connectivity index (χ4v) is 2.11. The van der Waals surface area contributed by atoms with Crippen LogP contribution in [0.15, 0.2) is 30.6 Å². The van der Waals surface area contributed by atoms with Crippen LogP contribution in [0.3, 0.4) is 0 Å². The predicted molar refractivity (Wildman–Crippen MR) is 79.5 cm³/mol. The third-order valence-corrected chi connectivity index (χ3v) is 3.16. The summed E-state index contributed by atoms with van der Waals surface area (Å²) < 4.78 is 12.9. The molecule has 0 aliphatic carbocycles. The van der Waals surface area contributed by atoms with Gasteiger partial charge in [-0.3, -0.25) is 0 Å². The van der Waals surface area contributed by atoms with E-state index in [0.29, 0.717) is 0 Å². The lowest BCUT2D eigenvalue weighted by Crippen LogP contribution is -2.20. The average molecular weight is 274 g/mol. The smallest absolute Gasteiger partial charge is 0.134 e. The van der Waals surface area contributed by atoms with Crippen LogP contribution >= 0.6 is 0 Å². The maximum Gasteiger partial charge on any atom is 0.134 e. The molecule has 0 fully saturated rings. The van der Waals surface area contributed by atoms with Gasteiger partial charge in [0.1, 0.15) is 23.8 Å². The molecule has 4 nitrogen and oxygen atoms in total. The molecule has 2 rings (SSSR count). The van der Waals surface area contributed by atoms with E-state index in [2.05, 4.69) is 27.5 Å². The molecular weight excluding hydrogens is 255 g/mol. The molecule has 0 spiro atoms. The second-order valence-electron chi connectivity index (χ2n) is 4.82. The van der Waals surface area contributed by atoms with Crippen molar-refractivity contribution in [3.63, 3.8) is 0 Å². The quantitative estimate of drug-likeness (QED) is 0.880. The number of nitrogens with zero attached hydrogens (tertiary/aromatic N) is 2. The molecule has 2 N–H and O–H groups in total. The fraction of sp³-hybridized carbons (Fsp3) is 0.333. The highest BCUT2D eigenvalue weighted by Crippen LogP contribution is 2.19. The molecule has 5 heteroatoms. The molecule has 1 aromatic heterocycles. The number of aromatic nitrogens is 2. The molecule has 0 bridgehead atoms.